The van der Waals surface area contributed by atoms with Gasteiger partial charge < -0.3 is 14.0 Å². The number of fused-ring (bicyclic) bond motifs is 1. The smallest absolute Gasteiger partial charge is 0.333 e. The Bertz CT molecular complexity index is 1570. The van der Waals surface area contributed by atoms with Crippen molar-refractivity contribution in [2.24, 2.45) is 0 Å². The summed E-state index contributed by atoms with van der Waals surface area (Å²) in [5.74, 6) is 1.35. The zero-order valence-electron chi connectivity index (χ0n) is 19.9. The molecule has 0 saturated heterocycles. The van der Waals surface area contributed by atoms with Crippen LogP contribution in [0.25, 0.3) is 11.2 Å². The molecule has 0 aliphatic carbocycles. The molecule has 36 heavy (non-hydrogen) atoms. The molecule has 0 atom stereocenters. The molecule has 0 aliphatic heterocycles. The third kappa shape index (κ3) is 4.79. The van der Waals surface area contributed by atoms with E-state index in [4.69, 9.17) is 9.47 Å². The minimum absolute atomic E-state index is 0.102. The van der Waals surface area contributed by atoms with Crippen molar-refractivity contribution < 1.29 is 9.47 Å². The van der Waals surface area contributed by atoms with Gasteiger partial charge in [-0.3, -0.25) is 13.9 Å². The molecule has 2 aromatic heterocycles. The second kappa shape index (κ2) is 10.4. The van der Waals surface area contributed by atoms with Gasteiger partial charge in [-0.15, -0.1) is 0 Å². The molecule has 0 amide bonds. The van der Waals surface area contributed by atoms with Crippen LogP contribution in [0.3, 0.4) is 0 Å². The summed E-state index contributed by atoms with van der Waals surface area (Å²) in [7, 11) is 1.60. The summed E-state index contributed by atoms with van der Waals surface area (Å²) in [5, 5.41) is 0. The molecule has 8 heteroatoms. The molecule has 8 nitrogen and oxygen atoms in total. The Morgan fingerprint density at radius 3 is 2.00 bits per heavy atom. The number of aromatic nitrogens is 4. The number of methoxy groups -OCH3 is 1. The average molecular weight is 483 g/mol. The van der Waals surface area contributed by atoms with Crippen molar-refractivity contribution in [3.63, 3.8) is 0 Å². The maximum atomic E-state index is 13.6. The minimum atomic E-state index is -0.417. The zero-order valence-corrected chi connectivity index (χ0v) is 19.9. The number of imidazole rings is 1. The highest BCUT2D eigenvalue weighted by molar-refractivity contribution is 5.70. The predicted molar refractivity (Wildman–Crippen MR) is 138 cm³/mol. The molecule has 0 unspecified atom stereocenters. The third-order valence-corrected chi connectivity index (χ3v) is 6.01. The molecule has 0 N–H and O–H groups in total. The molecule has 0 bridgehead atoms. The first-order chi connectivity index (χ1) is 17.6. The second-order valence-corrected chi connectivity index (χ2v) is 8.37. The van der Waals surface area contributed by atoms with Crippen molar-refractivity contribution in [2.45, 2.75) is 19.6 Å². The van der Waals surface area contributed by atoms with E-state index in [2.05, 4.69) is 4.98 Å². The molecule has 2 heterocycles. The summed E-state index contributed by atoms with van der Waals surface area (Å²) in [4.78, 5) is 31.6. The highest BCUT2D eigenvalue weighted by Crippen LogP contribution is 2.17. The molecule has 5 aromatic rings. The number of ether oxygens (including phenoxy) is 2. The van der Waals surface area contributed by atoms with Gasteiger partial charge in [0, 0.05) is 6.54 Å². The largest absolute Gasteiger partial charge is 0.497 e. The van der Waals surface area contributed by atoms with Crippen LogP contribution >= 0.6 is 0 Å². The quantitative estimate of drug-likeness (QED) is 0.321. The zero-order chi connectivity index (χ0) is 24.9. The van der Waals surface area contributed by atoms with Crippen molar-refractivity contribution in [3.8, 4) is 11.5 Å². The molecule has 0 spiro atoms. The first-order valence-corrected chi connectivity index (χ1v) is 11.7. The van der Waals surface area contributed by atoms with Crippen molar-refractivity contribution in [1.82, 2.24) is 18.7 Å². The van der Waals surface area contributed by atoms with Crippen molar-refractivity contribution in [3.05, 3.63) is 123 Å². The van der Waals surface area contributed by atoms with E-state index in [-0.39, 0.29) is 18.7 Å². The van der Waals surface area contributed by atoms with Crippen LogP contribution in [0.2, 0.25) is 0 Å². The van der Waals surface area contributed by atoms with Gasteiger partial charge in [0.05, 0.1) is 26.5 Å². The standard InChI is InChI=1S/C28H26N4O4/c1-35-23-12-14-24(15-13-23)36-17-16-31-27(33)25-26(29-20-30(25)18-21-8-4-2-5-9-21)32(28(31)34)19-22-10-6-3-7-11-22/h2-15,20H,16-19H2,1H3. The topological polar surface area (TPSA) is 80.3 Å². The first-order valence-electron chi connectivity index (χ1n) is 11.7. The van der Waals surface area contributed by atoms with Gasteiger partial charge in [-0.25, -0.2) is 9.78 Å². The normalized spacial score (nSPS) is 11.0. The lowest BCUT2D eigenvalue weighted by Gasteiger charge is -2.13. The SMILES string of the molecule is COc1ccc(OCCn2c(=O)c3c(ncn3Cc3ccccc3)n(Cc3ccccc3)c2=O)cc1. The maximum Gasteiger partial charge on any atom is 0.333 e. The van der Waals surface area contributed by atoms with Crippen molar-refractivity contribution >= 4 is 11.2 Å². The van der Waals surface area contributed by atoms with E-state index in [1.165, 1.54) is 4.57 Å². The summed E-state index contributed by atoms with van der Waals surface area (Å²) in [5.41, 5.74) is 1.94. The lowest BCUT2D eigenvalue weighted by atomic mass is 10.2. The molecule has 0 fully saturated rings. The third-order valence-electron chi connectivity index (χ3n) is 6.01. The van der Waals surface area contributed by atoms with E-state index in [1.54, 1.807) is 46.8 Å². The Kier molecular flexibility index (Phi) is 6.66. The minimum Gasteiger partial charge on any atom is -0.497 e. The van der Waals surface area contributed by atoms with Gasteiger partial charge in [-0.05, 0) is 35.4 Å². The first kappa shape index (κ1) is 23.2. The predicted octanol–water partition coefficient (Wildman–Crippen LogP) is 3.54. The van der Waals surface area contributed by atoms with Crippen LogP contribution in [0.15, 0.2) is 101 Å². The highest BCUT2D eigenvalue weighted by atomic mass is 16.5. The highest BCUT2D eigenvalue weighted by Gasteiger charge is 2.18. The van der Waals surface area contributed by atoms with E-state index < -0.39 is 5.69 Å². The maximum absolute atomic E-state index is 13.6. The molecule has 0 radical (unpaired) electrons. The van der Waals surface area contributed by atoms with Crippen LogP contribution in [-0.4, -0.2) is 32.4 Å². The van der Waals surface area contributed by atoms with Gasteiger partial charge in [0.25, 0.3) is 5.56 Å². The summed E-state index contributed by atoms with van der Waals surface area (Å²) in [6.07, 6.45) is 1.62. The number of hydrogen-bond acceptors (Lipinski definition) is 5. The Hall–Kier alpha value is -4.59. The van der Waals surface area contributed by atoms with Crippen LogP contribution in [-0.2, 0) is 19.6 Å². The van der Waals surface area contributed by atoms with Crippen LogP contribution in [0.5, 0.6) is 11.5 Å². The summed E-state index contributed by atoms with van der Waals surface area (Å²) < 4.78 is 15.6. The van der Waals surface area contributed by atoms with E-state index in [1.807, 2.05) is 60.7 Å². The van der Waals surface area contributed by atoms with Gasteiger partial charge in [0.1, 0.15) is 18.1 Å². The van der Waals surface area contributed by atoms with Crippen LogP contribution in [0.4, 0.5) is 0 Å². The van der Waals surface area contributed by atoms with E-state index in [0.717, 1.165) is 16.9 Å². The van der Waals surface area contributed by atoms with Gasteiger partial charge in [0.15, 0.2) is 11.2 Å². The fourth-order valence-electron chi connectivity index (χ4n) is 4.17. The van der Waals surface area contributed by atoms with Gasteiger partial charge in [-0.2, -0.15) is 0 Å². The second-order valence-electron chi connectivity index (χ2n) is 8.37. The van der Waals surface area contributed by atoms with Crippen LogP contribution < -0.4 is 20.7 Å². The fraction of sp³-hybridized carbons (Fsp3) is 0.179. The number of hydrogen-bond donors (Lipinski definition) is 0. The lowest BCUT2D eigenvalue weighted by molar-refractivity contribution is 0.292. The van der Waals surface area contributed by atoms with E-state index in [0.29, 0.717) is 30.0 Å². The molecule has 5 rings (SSSR count). The summed E-state index contributed by atoms with van der Waals surface area (Å²) in [6.45, 7) is 1.03. The monoisotopic (exact) mass is 482 g/mol. The average Bonchev–Trinajstić information content (AvgIpc) is 3.33. The van der Waals surface area contributed by atoms with E-state index in [9.17, 15) is 9.59 Å². The van der Waals surface area contributed by atoms with Gasteiger partial charge >= 0.3 is 5.69 Å². The molecule has 0 saturated carbocycles. The van der Waals surface area contributed by atoms with E-state index >= 15 is 0 Å². The Labute approximate surface area is 207 Å². The van der Waals surface area contributed by atoms with Crippen LogP contribution in [0, 0.1) is 0 Å². The van der Waals surface area contributed by atoms with Crippen molar-refractivity contribution in [1.29, 1.82) is 0 Å². The molecular formula is C28H26N4O4. The van der Waals surface area contributed by atoms with Crippen LogP contribution in [0.1, 0.15) is 11.1 Å². The Balaban J connectivity index is 1.52. The number of rotatable bonds is 9. The molecular weight excluding hydrogens is 456 g/mol. The fourth-order valence-corrected chi connectivity index (χ4v) is 4.17. The van der Waals surface area contributed by atoms with Crippen molar-refractivity contribution in [2.75, 3.05) is 13.7 Å². The number of benzene rings is 3. The summed E-state index contributed by atoms with van der Waals surface area (Å²) >= 11 is 0. The number of nitrogens with zero attached hydrogens (tertiary/aromatic N) is 4. The molecule has 182 valence electrons. The summed E-state index contributed by atoms with van der Waals surface area (Å²) in [6, 6.07) is 26.7. The van der Waals surface area contributed by atoms with Gasteiger partial charge in [0.2, 0.25) is 0 Å². The molecule has 0 aliphatic rings. The Morgan fingerprint density at radius 1 is 0.750 bits per heavy atom. The molecule has 3 aromatic carbocycles. The Morgan fingerprint density at radius 2 is 1.36 bits per heavy atom. The van der Waals surface area contributed by atoms with Gasteiger partial charge in [-0.1, -0.05) is 60.7 Å². The lowest BCUT2D eigenvalue weighted by Crippen LogP contribution is -2.42.